The van der Waals surface area contributed by atoms with Crippen molar-refractivity contribution in [2.75, 3.05) is 12.4 Å². The lowest BCUT2D eigenvalue weighted by molar-refractivity contribution is 0.416. The lowest BCUT2D eigenvalue weighted by atomic mass is 10.1. The average Bonchev–Trinajstić information content (AvgIpc) is 2.43. The van der Waals surface area contributed by atoms with Crippen molar-refractivity contribution in [1.29, 1.82) is 0 Å². The van der Waals surface area contributed by atoms with Gasteiger partial charge in [-0.15, -0.1) is 0 Å². The first-order chi connectivity index (χ1) is 9.51. The van der Waals surface area contributed by atoms with Gasteiger partial charge in [0.25, 0.3) is 0 Å². The Hall–Kier alpha value is -1.38. The number of hydrogen-bond acceptors (Lipinski definition) is 2. The third-order valence-electron chi connectivity index (χ3n) is 3.17. The fourth-order valence-corrected chi connectivity index (χ4v) is 2.32. The van der Waals surface area contributed by atoms with Crippen LogP contribution in [-0.2, 0) is 0 Å². The number of anilines is 1. The van der Waals surface area contributed by atoms with Crippen LogP contribution < -0.4 is 10.1 Å². The van der Waals surface area contributed by atoms with Crippen molar-refractivity contribution in [3.05, 3.63) is 57.6 Å². The Labute approximate surface area is 129 Å². The van der Waals surface area contributed by atoms with Crippen LogP contribution in [0.2, 0.25) is 10.0 Å². The molecule has 1 N–H and O–H groups in total. The molecule has 0 fully saturated rings. The van der Waals surface area contributed by atoms with Crippen molar-refractivity contribution in [3.63, 3.8) is 0 Å². The van der Waals surface area contributed by atoms with Crippen LogP contribution in [0, 0.1) is 6.92 Å². The first-order valence-corrected chi connectivity index (χ1v) is 7.13. The number of benzene rings is 2. The summed E-state index contributed by atoms with van der Waals surface area (Å²) in [6.07, 6.45) is 0. The van der Waals surface area contributed by atoms with Crippen LogP contribution in [-0.4, -0.2) is 7.11 Å². The number of rotatable bonds is 4. The molecular weight excluding hydrogens is 293 g/mol. The molecule has 2 rings (SSSR count). The maximum absolute atomic E-state index is 6.06. The summed E-state index contributed by atoms with van der Waals surface area (Å²) in [6, 6.07) is 11.8. The van der Waals surface area contributed by atoms with Crippen LogP contribution in [0.1, 0.15) is 24.1 Å². The molecule has 20 heavy (non-hydrogen) atoms. The second-order valence-electron chi connectivity index (χ2n) is 4.74. The van der Waals surface area contributed by atoms with Gasteiger partial charge in [0.1, 0.15) is 5.75 Å². The van der Waals surface area contributed by atoms with E-state index in [1.807, 2.05) is 43.3 Å². The molecule has 2 aromatic rings. The maximum Gasteiger partial charge on any atom is 0.142 e. The van der Waals surface area contributed by atoms with Gasteiger partial charge in [-0.05, 0) is 49.2 Å². The Morgan fingerprint density at radius 1 is 1.05 bits per heavy atom. The standard InChI is InChI=1S/C16H17Cl2NO/c1-10-4-7-15(16(8-10)20-3)19-11(2)12-5-6-13(17)14(18)9-12/h4-9,11,19H,1-3H3. The predicted molar refractivity (Wildman–Crippen MR) is 86.2 cm³/mol. The number of aryl methyl sites for hydroxylation is 1. The molecule has 2 aromatic carbocycles. The van der Waals surface area contributed by atoms with Gasteiger partial charge in [0, 0.05) is 6.04 Å². The minimum Gasteiger partial charge on any atom is -0.495 e. The summed E-state index contributed by atoms with van der Waals surface area (Å²) in [7, 11) is 1.67. The lowest BCUT2D eigenvalue weighted by Crippen LogP contribution is -2.07. The minimum absolute atomic E-state index is 0.0985. The van der Waals surface area contributed by atoms with Gasteiger partial charge < -0.3 is 10.1 Å². The van der Waals surface area contributed by atoms with E-state index in [1.54, 1.807) is 7.11 Å². The molecule has 0 aliphatic rings. The molecule has 0 heterocycles. The van der Waals surface area contributed by atoms with Gasteiger partial charge in [-0.3, -0.25) is 0 Å². The van der Waals surface area contributed by atoms with Crippen LogP contribution in [0.5, 0.6) is 5.75 Å². The van der Waals surface area contributed by atoms with E-state index in [0.717, 1.165) is 22.6 Å². The van der Waals surface area contributed by atoms with Gasteiger partial charge in [-0.1, -0.05) is 35.3 Å². The smallest absolute Gasteiger partial charge is 0.142 e. The molecule has 2 nitrogen and oxygen atoms in total. The lowest BCUT2D eigenvalue weighted by Gasteiger charge is -2.18. The van der Waals surface area contributed by atoms with E-state index in [9.17, 15) is 0 Å². The number of hydrogen-bond donors (Lipinski definition) is 1. The van der Waals surface area contributed by atoms with Crippen molar-refractivity contribution in [2.24, 2.45) is 0 Å². The first kappa shape index (κ1) is 15.0. The third kappa shape index (κ3) is 3.38. The third-order valence-corrected chi connectivity index (χ3v) is 3.91. The molecular formula is C16H17Cl2NO. The molecule has 0 aromatic heterocycles. The van der Waals surface area contributed by atoms with Gasteiger partial charge in [0.15, 0.2) is 0 Å². The number of nitrogens with one attached hydrogen (secondary N) is 1. The summed E-state index contributed by atoms with van der Waals surface area (Å²) in [4.78, 5) is 0. The predicted octanol–water partition coefficient (Wildman–Crippen LogP) is 5.48. The summed E-state index contributed by atoms with van der Waals surface area (Å²) in [6.45, 7) is 4.10. The zero-order chi connectivity index (χ0) is 14.7. The van der Waals surface area contributed by atoms with Gasteiger partial charge in [0.05, 0.1) is 22.8 Å². The fourth-order valence-electron chi connectivity index (χ4n) is 2.02. The Morgan fingerprint density at radius 3 is 2.45 bits per heavy atom. The van der Waals surface area contributed by atoms with E-state index in [1.165, 1.54) is 0 Å². The van der Waals surface area contributed by atoms with Crippen molar-refractivity contribution >= 4 is 28.9 Å². The molecule has 0 bridgehead atoms. The van der Waals surface area contributed by atoms with Crippen molar-refractivity contribution in [1.82, 2.24) is 0 Å². The molecule has 0 aliphatic carbocycles. The van der Waals surface area contributed by atoms with Gasteiger partial charge in [-0.2, -0.15) is 0 Å². The SMILES string of the molecule is COc1cc(C)ccc1NC(C)c1ccc(Cl)c(Cl)c1. The summed E-state index contributed by atoms with van der Waals surface area (Å²) < 4.78 is 5.40. The normalized spacial score (nSPS) is 12.1. The van der Waals surface area contributed by atoms with E-state index >= 15 is 0 Å². The molecule has 1 atom stereocenters. The summed E-state index contributed by atoms with van der Waals surface area (Å²) in [5.74, 6) is 0.830. The zero-order valence-electron chi connectivity index (χ0n) is 11.7. The van der Waals surface area contributed by atoms with Crippen LogP contribution in [0.25, 0.3) is 0 Å². The molecule has 1 unspecified atom stereocenters. The molecule has 0 saturated carbocycles. The highest BCUT2D eigenvalue weighted by atomic mass is 35.5. The van der Waals surface area contributed by atoms with E-state index < -0.39 is 0 Å². The quantitative estimate of drug-likeness (QED) is 0.807. The zero-order valence-corrected chi connectivity index (χ0v) is 13.2. The van der Waals surface area contributed by atoms with Gasteiger partial charge >= 0.3 is 0 Å². The van der Waals surface area contributed by atoms with E-state index in [-0.39, 0.29) is 6.04 Å². The highest BCUT2D eigenvalue weighted by Crippen LogP contribution is 2.31. The number of halogens is 2. The summed E-state index contributed by atoms with van der Waals surface area (Å²) >= 11 is 12.0. The molecule has 0 amide bonds. The second kappa shape index (κ2) is 6.38. The number of ether oxygens (including phenoxy) is 1. The van der Waals surface area contributed by atoms with E-state index in [2.05, 4.69) is 12.2 Å². The minimum atomic E-state index is 0.0985. The Balaban J connectivity index is 2.22. The topological polar surface area (TPSA) is 21.3 Å². The monoisotopic (exact) mass is 309 g/mol. The second-order valence-corrected chi connectivity index (χ2v) is 5.56. The highest BCUT2D eigenvalue weighted by molar-refractivity contribution is 6.42. The summed E-state index contributed by atoms with van der Waals surface area (Å²) in [5, 5.41) is 4.55. The van der Waals surface area contributed by atoms with Gasteiger partial charge in [-0.25, -0.2) is 0 Å². The van der Waals surface area contributed by atoms with Crippen LogP contribution in [0.4, 0.5) is 5.69 Å². The molecule has 106 valence electrons. The molecule has 0 saturated heterocycles. The van der Waals surface area contributed by atoms with Crippen LogP contribution in [0.3, 0.4) is 0 Å². The molecule has 4 heteroatoms. The van der Waals surface area contributed by atoms with Crippen LogP contribution >= 0.6 is 23.2 Å². The van der Waals surface area contributed by atoms with E-state index in [4.69, 9.17) is 27.9 Å². The van der Waals surface area contributed by atoms with Gasteiger partial charge in [0.2, 0.25) is 0 Å². The van der Waals surface area contributed by atoms with Crippen molar-refractivity contribution < 1.29 is 4.74 Å². The summed E-state index contributed by atoms with van der Waals surface area (Å²) in [5.41, 5.74) is 3.19. The fraction of sp³-hybridized carbons (Fsp3) is 0.250. The average molecular weight is 310 g/mol. The Kier molecular flexibility index (Phi) is 4.79. The number of methoxy groups -OCH3 is 1. The first-order valence-electron chi connectivity index (χ1n) is 6.37. The molecule has 0 radical (unpaired) electrons. The Morgan fingerprint density at radius 2 is 1.80 bits per heavy atom. The molecule has 0 aliphatic heterocycles. The Bertz CT molecular complexity index is 613. The highest BCUT2D eigenvalue weighted by Gasteiger charge is 2.10. The van der Waals surface area contributed by atoms with Crippen LogP contribution in [0.15, 0.2) is 36.4 Å². The molecule has 0 spiro atoms. The van der Waals surface area contributed by atoms with Crippen molar-refractivity contribution in [3.8, 4) is 5.75 Å². The maximum atomic E-state index is 6.06. The van der Waals surface area contributed by atoms with Crippen molar-refractivity contribution in [2.45, 2.75) is 19.9 Å². The van der Waals surface area contributed by atoms with E-state index in [0.29, 0.717) is 10.0 Å². The largest absolute Gasteiger partial charge is 0.495 e.